The van der Waals surface area contributed by atoms with Gasteiger partial charge >= 0.3 is 6.18 Å². The zero-order valence-electron chi connectivity index (χ0n) is 17.9. The standard InChI is InChI=1S/C16H23F3N2O2.C3H8.C2H6/c1-22-11-3-2-5-15(21-23-12-4-10-20)13-6-8-14(9-7-13)16(17,18)19;1-3-2;1-2/h6-9H,2-5,10-12,20H2,1H3;3H2,1-2H3;1-2H3/b21-15+;;. The summed E-state index contributed by atoms with van der Waals surface area (Å²) in [4.78, 5) is 5.20. The Hall–Kier alpha value is -1.60. The first-order chi connectivity index (χ1) is 13.4. The van der Waals surface area contributed by atoms with Crippen LogP contribution < -0.4 is 5.73 Å². The summed E-state index contributed by atoms with van der Waals surface area (Å²) in [5.41, 5.74) is 5.96. The number of rotatable bonds is 10. The number of nitrogens with zero attached hydrogens (tertiary/aromatic N) is 1. The van der Waals surface area contributed by atoms with E-state index >= 15 is 0 Å². The number of ether oxygens (including phenoxy) is 1. The van der Waals surface area contributed by atoms with E-state index in [9.17, 15) is 13.2 Å². The Balaban J connectivity index is 0. The zero-order chi connectivity index (χ0) is 21.8. The minimum Gasteiger partial charge on any atom is -0.396 e. The van der Waals surface area contributed by atoms with Gasteiger partial charge in [-0.1, -0.05) is 51.4 Å². The number of methoxy groups -OCH3 is 1. The lowest BCUT2D eigenvalue weighted by molar-refractivity contribution is -0.137. The van der Waals surface area contributed by atoms with Crippen molar-refractivity contribution in [3.05, 3.63) is 35.4 Å². The molecule has 0 saturated heterocycles. The van der Waals surface area contributed by atoms with Crippen molar-refractivity contribution in [2.75, 3.05) is 26.9 Å². The Morgan fingerprint density at radius 2 is 1.57 bits per heavy atom. The molecule has 28 heavy (non-hydrogen) atoms. The second-order valence-corrected chi connectivity index (χ2v) is 5.75. The average Bonchev–Trinajstić information content (AvgIpc) is 2.68. The summed E-state index contributed by atoms with van der Waals surface area (Å²) in [6.45, 7) is 9.77. The lowest BCUT2D eigenvalue weighted by atomic mass is 10.0. The van der Waals surface area contributed by atoms with E-state index in [1.54, 1.807) is 7.11 Å². The van der Waals surface area contributed by atoms with Crippen molar-refractivity contribution in [1.82, 2.24) is 0 Å². The van der Waals surface area contributed by atoms with Crippen LogP contribution in [-0.4, -0.2) is 32.6 Å². The molecule has 164 valence electrons. The van der Waals surface area contributed by atoms with E-state index < -0.39 is 11.7 Å². The number of benzene rings is 1. The van der Waals surface area contributed by atoms with Crippen molar-refractivity contribution in [3.8, 4) is 0 Å². The van der Waals surface area contributed by atoms with Crippen LogP contribution in [0.2, 0.25) is 0 Å². The molecule has 0 unspecified atom stereocenters. The Labute approximate surface area is 168 Å². The summed E-state index contributed by atoms with van der Waals surface area (Å²) in [6, 6.07) is 4.95. The van der Waals surface area contributed by atoms with Gasteiger partial charge in [0.2, 0.25) is 0 Å². The molecule has 0 heterocycles. The zero-order valence-corrected chi connectivity index (χ0v) is 17.9. The number of halogens is 3. The fraction of sp³-hybridized carbons (Fsp3) is 0.667. The maximum atomic E-state index is 12.6. The van der Waals surface area contributed by atoms with E-state index in [1.165, 1.54) is 18.6 Å². The minimum atomic E-state index is -4.34. The molecule has 1 aromatic carbocycles. The number of unbranched alkanes of at least 4 members (excludes halogenated alkanes) is 1. The molecule has 1 aromatic rings. The maximum absolute atomic E-state index is 12.6. The Kier molecular flexibility index (Phi) is 19.2. The molecule has 0 radical (unpaired) electrons. The van der Waals surface area contributed by atoms with Crippen LogP contribution in [0.1, 0.15) is 70.9 Å². The van der Waals surface area contributed by atoms with Gasteiger partial charge in [-0.15, -0.1) is 0 Å². The Morgan fingerprint density at radius 3 is 2.04 bits per heavy atom. The smallest absolute Gasteiger partial charge is 0.396 e. The third-order valence-electron chi connectivity index (χ3n) is 3.17. The molecule has 0 atom stereocenters. The molecule has 1 rings (SSSR count). The van der Waals surface area contributed by atoms with Crippen LogP contribution in [0.15, 0.2) is 29.4 Å². The summed E-state index contributed by atoms with van der Waals surface area (Å²) in [6.07, 6.45) is -0.149. The Morgan fingerprint density at radius 1 is 1.00 bits per heavy atom. The van der Waals surface area contributed by atoms with Crippen molar-refractivity contribution in [2.24, 2.45) is 10.9 Å². The van der Waals surface area contributed by atoms with Gasteiger partial charge in [0.15, 0.2) is 0 Å². The summed E-state index contributed by atoms with van der Waals surface area (Å²) in [7, 11) is 1.63. The molecule has 0 spiro atoms. The van der Waals surface area contributed by atoms with Crippen molar-refractivity contribution >= 4 is 5.71 Å². The van der Waals surface area contributed by atoms with Gasteiger partial charge in [-0.3, -0.25) is 0 Å². The first kappa shape index (κ1) is 28.6. The van der Waals surface area contributed by atoms with E-state index in [1.807, 2.05) is 13.8 Å². The Bertz CT molecular complexity index is 489. The number of alkyl halides is 3. The minimum absolute atomic E-state index is 0.388. The third kappa shape index (κ3) is 14.5. The summed E-state index contributed by atoms with van der Waals surface area (Å²) >= 11 is 0. The van der Waals surface area contributed by atoms with E-state index in [2.05, 4.69) is 19.0 Å². The molecule has 0 bridgehead atoms. The van der Waals surface area contributed by atoms with Gasteiger partial charge in [0.1, 0.15) is 6.61 Å². The molecule has 0 fully saturated rings. The predicted molar refractivity (Wildman–Crippen MR) is 111 cm³/mol. The predicted octanol–water partition coefficient (Wildman–Crippen LogP) is 6.03. The van der Waals surface area contributed by atoms with Gasteiger partial charge in [0.05, 0.1) is 11.3 Å². The van der Waals surface area contributed by atoms with Crippen molar-refractivity contribution in [1.29, 1.82) is 0 Å². The highest BCUT2D eigenvalue weighted by atomic mass is 19.4. The van der Waals surface area contributed by atoms with Crippen LogP contribution in [0.4, 0.5) is 13.2 Å². The highest BCUT2D eigenvalue weighted by molar-refractivity contribution is 6.00. The lowest BCUT2D eigenvalue weighted by Crippen LogP contribution is -2.08. The monoisotopic (exact) mass is 406 g/mol. The number of hydrogen-bond acceptors (Lipinski definition) is 4. The lowest BCUT2D eigenvalue weighted by Gasteiger charge is -2.10. The SMILES string of the molecule is CC.CCC.COCCCC/C(=N\OCCCN)c1ccc(C(F)(F)F)cc1. The molecule has 0 aromatic heterocycles. The van der Waals surface area contributed by atoms with Gasteiger partial charge in [-0.25, -0.2) is 0 Å². The van der Waals surface area contributed by atoms with Crippen LogP contribution in [0.3, 0.4) is 0 Å². The molecular weight excluding hydrogens is 369 g/mol. The van der Waals surface area contributed by atoms with Crippen LogP contribution in [0, 0.1) is 0 Å². The van der Waals surface area contributed by atoms with E-state index in [0.29, 0.717) is 43.9 Å². The van der Waals surface area contributed by atoms with Gasteiger partial charge in [0, 0.05) is 13.7 Å². The topological polar surface area (TPSA) is 56.8 Å². The van der Waals surface area contributed by atoms with Crippen LogP contribution >= 0.6 is 0 Å². The highest BCUT2D eigenvalue weighted by Gasteiger charge is 2.30. The summed E-state index contributed by atoms with van der Waals surface area (Å²) in [5, 5.41) is 4.06. The fourth-order valence-electron chi connectivity index (χ4n) is 1.90. The number of nitrogens with two attached hydrogens (primary N) is 1. The van der Waals surface area contributed by atoms with Gasteiger partial charge in [0.25, 0.3) is 0 Å². The second kappa shape index (κ2) is 18.7. The fourth-order valence-corrected chi connectivity index (χ4v) is 1.90. The molecule has 7 heteroatoms. The molecule has 0 aliphatic carbocycles. The largest absolute Gasteiger partial charge is 0.416 e. The van der Waals surface area contributed by atoms with Crippen molar-refractivity contribution < 1.29 is 22.7 Å². The summed E-state index contributed by atoms with van der Waals surface area (Å²) < 4.78 is 42.8. The molecule has 0 amide bonds. The van der Waals surface area contributed by atoms with Crippen molar-refractivity contribution in [3.63, 3.8) is 0 Å². The van der Waals surface area contributed by atoms with E-state index in [4.69, 9.17) is 15.3 Å². The van der Waals surface area contributed by atoms with Gasteiger partial charge in [-0.05, 0) is 49.9 Å². The maximum Gasteiger partial charge on any atom is 0.416 e. The molecule has 0 saturated carbocycles. The van der Waals surface area contributed by atoms with Crippen LogP contribution in [0.25, 0.3) is 0 Å². The molecule has 2 N–H and O–H groups in total. The molecular formula is C21H37F3N2O2. The highest BCUT2D eigenvalue weighted by Crippen LogP contribution is 2.29. The number of hydrogen-bond donors (Lipinski definition) is 1. The average molecular weight is 407 g/mol. The summed E-state index contributed by atoms with van der Waals surface area (Å²) in [5.74, 6) is 0. The quantitative estimate of drug-likeness (QED) is 0.293. The molecule has 0 aliphatic heterocycles. The van der Waals surface area contributed by atoms with E-state index in [0.717, 1.165) is 25.0 Å². The first-order valence-corrected chi connectivity index (χ1v) is 9.96. The molecule has 0 aliphatic rings. The van der Waals surface area contributed by atoms with Crippen LogP contribution in [0.5, 0.6) is 0 Å². The number of oxime groups is 1. The second-order valence-electron chi connectivity index (χ2n) is 5.75. The van der Waals surface area contributed by atoms with Gasteiger partial charge in [-0.2, -0.15) is 13.2 Å². The van der Waals surface area contributed by atoms with Crippen LogP contribution in [-0.2, 0) is 15.8 Å². The third-order valence-corrected chi connectivity index (χ3v) is 3.17. The van der Waals surface area contributed by atoms with E-state index in [-0.39, 0.29) is 0 Å². The first-order valence-electron chi connectivity index (χ1n) is 9.96. The molecule has 4 nitrogen and oxygen atoms in total. The van der Waals surface area contributed by atoms with Crippen molar-refractivity contribution in [2.45, 2.75) is 66.0 Å². The van der Waals surface area contributed by atoms with Gasteiger partial charge < -0.3 is 15.3 Å². The normalized spacial score (nSPS) is 11.1.